The average Bonchev–Trinajstić information content (AvgIpc) is 3.10. The molecule has 2 unspecified atom stereocenters. The third-order valence-corrected chi connectivity index (χ3v) is 10.4. The van der Waals surface area contributed by atoms with Gasteiger partial charge in [0.25, 0.3) is 0 Å². The summed E-state index contributed by atoms with van der Waals surface area (Å²) < 4.78 is 32.6. The van der Waals surface area contributed by atoms with Gasteiger partial charge in [-0.15, -0.1) is 0 Å². The van der Waals surface area contributed by atoms with Crippen LogP contribution < -0.4 is 0 Å². The highest BCUT2D eigenvalue weighted by Crippen LogP contribution is 2.43. The summed E-state index contributed by atoms with van der Waals surface area (Å²) >= 11 is 0. The standard InChI is InChI=1S/C42H81O8P/c1-4-7-9-11-13-15-17-19-21-22-23-25-26-28-30-32-34-36-41(43)47-38-40(39-49-51(45,46)48-6-3)50-42(44)37-35-33-31-29-27-24-20-18-16-14-12-10-8-5-2/h18,20,40H,4-17,19,21-39H2,1-3H3,(H,45,46)/b20-18-. The third kappa shape index (κ3) is 38.3. The van der Waals surface area contributed by atoms with Crippen LogP contribution in [0.4, 0.5) is 0 Å². The number of hydrogen-bond acceptors (Lipinski definition) is 7. The van der Waals surface area contributed by atoms with Gasteiger partial charge >= 0.3 is 19.8 Å². The van der Waals surface area contributed by atoms with Gasteiger partial charge in [-0.3, -0.25) is 18.6 Å². The summed E-state index contributed by atoms with van der Waals surface area (Å²) in [6.07, 6.45) is 39.8. The lowest BCUT2D eigenvalue weighted by molar-refractivity contribution is -0.161. The van der Waals surface area contributed by atoms with Crippen LogP contribution in [-0.2, 0) is 32.7 Å². The lowest BCUT2D eigenvalue weighted by Crippen LogP contribution is -2.29. The number of phosphoric ester groups is 1. The fourth-order valence-corrected chi connectivity index (χ4v) is 6.91. The topological polar surface area (TPSA) is 108 Å². The predicted molar refractivity (Wildman–Crippen MR) is 212 cm³/mol. The van der Waals surface area contributed by atoms with Gasteiger partial charge in [-0.05, 0) is 45.4 Å². The maximum absolute atomic E-state index is 12.5. The van der Waals surface area contributed by atoms with E-state index >= 15 is 0 Å². The Morgan fingerprint density at radius 1 is 0.510 bits per heavy atom. The molecule has 9 heteroatoms. The molecule has 0 aromatic carbocycles. The number of hydrogen-bond donors (Lipinski definition) is 1. The summed E-state index contributed by atoms with van der Waals surface area (Å²) in [4.78, 5) is 34.7. The van der Waals surface area contributed by atoms with E-state index in [2.05, 4.69) is 26.0 Å². The van der Waals surface area contributed by atoms with Crippen LogP contribution in [0.1, 0.15) is 220 Å². The van der Waals surface area contributed by atoms with Crippen LogP contribution in [0.25, 0.3) is 0 Å². The second-order valence-electron chi connectivity index (χ2n) is 14.4. The van der Waals surface area contributed by atoms with Crippen molar-refractivity contribution < 1.29 is 37.6 Å². The minimum Gasteiger partial charge on any atom is -0.462 e. The average molecular weight is 745 g/mol. The molecule has 0 amide bonds. The monoisotopic (exact) mass is 745 g/mol. The highest BCUT2D eigenvalue weighted by atomic mass is 31.2. The van der Waals surface area contributed by atoms with Gasteiger partial charge < -0.3 is 14.4 Å². The number of rotatable bonds is 40. The van der Waals surface area contributed by atoms with Crippen molar-refractivity contribution in [2.75, 3.05) is 19.8 Å². The Kier molecular flexibility index (Phi) is 37.6. The minimum absolute atomic E-state index is 0.00197. The van der Waals surface area contributed by atoms with Crippen LogP contribution in [0.2, 0.25) is 0 Å². The smallest absolute Gasteiger partial charge is 0.462 e. The van der Waals surface area contributed by atoms with Gasteiger partial charge in [0.1, 0.15) is 6.61 Å². The van der Waals surface area contributed by atoms with Crippen molar-refractivity contribution in [3.05, 3.63) is 12.2 Å². The zero-order valence-electron chi connectivity index (χ0n) is 33.5. The largest absolute Gasteiger partial charge is 0.472 e. The molecule has 0 saturated heterocycles. The molecule has 0 aromatic heterocycles. The van der Waals surface area contributed by atoms with Gasteiger partial charge in [0.15, 0.2) is 6.10 Å². The highest BCUT2D eigenvalue weighted by molar-refractivity contribution is 7.47. The van der Waals surface area contributed by atoms with Crippen molar-refractivity contribution in [3.8, 4) is 0 Å². The van der Waals surface area contributed by atoms with Crippen LogP contribution >= 0.6 is 7.82 Å². The van der Waals surface area contributed by atoms with Crippen LogP contribution in [0.15, 0.2) is 12.2 Å². The van der Waals surface area contributed by atoms with E-state index in [0.717, 1.165) is 51.4 Å². The van der Waals surface area contributed by atoms with Crippen molar-refractivity contribution in [3.63, 3.8) is 0 Å². The molecule has 1 N–H and O–H groups in total. The number of allylic oxidation sites excluding steroid dienone is 2. The number of carbonyl (C=O) groups excluding carboxylic acids is 2. The van der Waals surface area contributed by atoms with Crippen molar-refractivity contribution >= 4 is 19.8 Å². The van der Waals surface area contributed by atoms with E-state index in [1.54, 1.807) is 6.92 Å². The third-order valence-electron chi connectivity index (χ3n) is 9.32. The molecule has 0 spiro atoms. The SMILES string of the molecule is CCCCCCC/C=C\CCCCCCCC(=O)OC(COC(=O)CCCCCCCCCCCCCCCCCCC)COP(=O)(O)OCC. The van der Waals surface area contributed by atoms with E-state index in [-0.39, 0.29) is 25.6 Å². The number of esters is 2. The maximum atomic E-state index is 12.5. The molecule has 8 nitrogen and oxygen atoms in total. The summed E-state index contributed by atoms with van der Waals surface area (Å²) in [6.45, 7) is 5.48. The van der Waals surface area contributed by atoms with Crippen molar-refractivity contribution in [2.24, 2.45) is 0 Å². The number of ether oxygens (including phenoxy) is 2. The normalized spacial score (nSPS) is 13.4. The number of phosphoric acid groups is 1. The zero-order chi connectivity index (χ0) is 37.5. The Labute approximate surface area is 314 Å². The quantitative estimate of drug-likeness (QED) is 0.0286. The van der Waals surface area contributed by atoms with Crippen LogP contribution in [0, 0.1) is 0 Å². The summed E-state index contributed by atoms with van der Waals surface area (Å²) in [5.74, 6) is -0.797. The first kappa shape index (κ1) is 49.8. The molecule has 0 aliphatic rings. The van der Waals surface area contributed by atoms with Crippen molar-refractivity contribution in [2.45, 2.75) is 226 Å². The van der Waals surface area contributed by atoms with E-state index in [0.29, 0.717) is 12.8 Å². The van der Waals surface area contributed by atoms with Crippen molar-refractivity contribution in [1.82, 2.24) is 0 Å². The molecule has 302 valence electrons. The fourth-order valence-electron chi connectivity index (χ4n) is 6.15. The summed E-state index contributed by atoms with van der Waals surface area (Å²) in [6, 6.07) is 0. The summed E-state index contributed by atoms with van der Waals surface area (Å²) in [5, 5.41) is 0. The Morgan fingerprint density at radius 2 is 0.882 bits per heavy atom. The second kappa shape index (κ2) is 38.5. The molecular formula is C42H81O8P. The summed E-state index contributed by atoms with van der Waals surface area (Å²) in [5.41, 5.74) is 0. The molecule has 51 heavy (non-hydrogen) atoms. The van der Waals surface area contributed by atoms with E-state index in [1.807, 2.05) is 0 Å². The van der Waals surface area contributed by atoms with Gasteiger partial charge in [-0.25, -0.2) is 4.57 Å². The molecule has 0 saturated carbocycles. The zero-order valence-corrected chi connectivity index (χ0v) is 34.4. The molecule has 0 bridgehead atoms. The van der Waals surface area contributed by atoms with Crippen molar-refractivity contribution in [1.29, 1.82) is 0 Å². The molecule has 0 rings (SSSR count). The fraction of sp³-hybridized carbons (Fsp3) is 0.905. The van der Waals surface area contributed by atoms with Gasteiger partial charge in [-0.2, -0.15) is 0 Å². The van der Waals surface area contributed by atoms with Crippen LogP contribution in [0.3, 0.4) is 0 Å². The molecule has 0 radical (unpaired) electrons. The van der Waals surface area contributed by atoms with Gasteiger partial charge in [0, 0.05) is 12.8 Å². The second-order valence-corrected chi connectivity index (χ2v) is 15.8. The molecular weight excluding hydrogens is 663 g/mol. The first-order chi connectivity index (χ1) is 24.8. The maximum Gasteiger partial charge on any atom is 0.472 e. The minimum atomic E-state index is -4.27. The van der Waals surface area contributed by atoms with Crippen LogP contribution in [-0.4, -0.2) is 42.8 Å². The molecule has 0 aliphatic heterocycles. The van der Waals surface area contributed by atoms with E-state index in [9.17, 15) is 19.0 Å². The Morgan fingerprint density at radius 3 is 1.29 bits per heavy atom. The summed E-state index contributed by atoms with van der Waals surface area (Å²) in [7, 11) is -4.27. The molecule has 0 aliphatic carbocycles. The lowest BCUT2D eigenvalue weighted by Gasteiger charge is -2.19. The number of carbonyl (C=O) groups is 2. The Bertz CT molecular complexity index is 849. The Balaban J connectivity index is 4.05. The van der Waals surface area contributed by atoms with E-state index in [1.165, 1.54) is 128 Å². The van der Waals surface area contributed by atoms with Crippen LogP contribution in [0.5, 0.6) is 0 Å². The van der Waals surface area contributed by atoms with Gasteiger partial charge in [0.05, 0.1) is 13.2 Å². The first-order valence-electron chi connectivity index (χ1n) is 21.5. The van der Waals surface area contributed by atoms with Gasteiger partial charge in [0.2, 0.25) is 0 Å². The molecule has 0 aromatic rings. The highest BCUT2D eigenvalue weighted by Gasteiger charge is 2.25. The number of unbranched alkanes of at least 4 members (excludes halogenated alkanes) is 26. The van der Waals surface area contributed by atoms with Gasteiger partial charge in [-0.1, -0.05) is 174 Å². The van der Waals surface area contributed by atoms with E-state index < -0.39 is 26.5 Å². The molecule has 2 atom stereocenters. The Hall–Kier alpha value is -1.21. The lowest BCUT2D eigenvalue weighted by atomic mass is 10.0. The molecule has 0 heterocycles. The molecule has 0 fully saturated rings. The van der Waals surface area contributed by atoms with E-state index in [4.69, 9.17) is 18.5 Å². The first-order valence-corrected chi connectivity index (χ1v) is 23.0. The predicted octanol–water partition coefficient (Wildman–Crippen LogP) is 13.3.